The molecule has 0 radical (unpaired) electrons. The number of para-hydroxylation sites is 1. The maximum Gasteiger partial charge on any atom is 0.261 e. The minimum Gasteiger partial charge on any atom is -0.355 e. The quantitative estimate of drug-likeness (QED) is 0.431. The average molecular weight is 484 g/mol. The van der Waals surface area contributed by atoms with Gasteiger partial charge in [0.05, 0.1) is 15.6 Å². The van der Waals surface area contributed by atoms with E-state index in [1.807, 2.05) is 0 Å². The lowest BCUT2D eigenvalue weighted by atomic mass is 10.1. The number of carbonyl (C=O) groups is 2. The number of rotatable bonds is 7. The van der Waals surface area contributed by atoms with Crippen molar-refractivity contribution in [1.29, 1.82) is 0 Å². The maximum atomic E-state index is 12.6. The van der Waals surface area contributed by atoms with Crippen molar-refractivity contribution in [2.24, 2.45) is 0 Å². The lowest BCUT2D eigenvalue weighted by Crippen LogP contribution is -2.20. The van der Waals surface area contributed by atoms with Crippen molar-refractivity contribution < 1.29 is 18.0 Å². The van der Waals surface area contributed by atoms with Crippen LogP contribution in [-0.2, 0) is 14.8 Å². The fraction of sp³-hybridized carbons (Fsp3) is 0.0833. The molecule has 3 rings (SSSR count). The van der Waals surface area contributed by atoms with Crippen LogP contribution >= 0.6 is 11.6 Å². The molecule has 2 amide bonds. The molecule has 7 nitrogen and oxygen atoms in total. The SMILES string of the molecule is CNC(=O)c1cccc(NC(=O)/C=C/c2ccc(S(=O)(=O)Nc3ccccc3Cl)cc2)c1C. The van der Waals surface area contributed by atoms with E-state index in [0.717, 1.165) is 0 Å². The summed E-state index contributed by atoms with van der Waals surface area (Å²) < 4.78 is 27.6. The van der Waals surface area contributed by atoms with Gasteiger partial charge in [-0.15, -0.1) is 0 Å². The summed E-state index contributed by atoms with van der Waals surface area (Å²) in [6.07, 6.45) is 2.89. The maximum absolute atomic E-state index is 12.6. The van der Waals surface area contributed by atoms with Crippen molar-refractivity contribution in [3.05, 3.63) is 94.5 Å². The van der Waals surface area contributed by atoms with Crippen molar-refractivity contribution in [1.82, 2.24) is 5.32 Å². The van der Waals surface area contributed by atoms with Crippen molar-refractivity contribution >= 4 is 50.9 Å². The molecule has 33 heavy (non-hydrogen) atoms. The van der Waals surface area contributed by atoms with E-state index >= 15 is 0 Å². The molecule has 0 saturated carbocycles. The van der Waals surface area contributed by atoms with Crippen LogP contribution in [0.2, 0.25) is 5.02 Å². The van der Waals surface area contributed by atoms with E-state index in [-0.39, 0.29) is 22.4 Å². The van der Waals surface area contributed by atoms with E-state index in [1.54, 1.807) is 74.6 Å². The highest BCUT2D eigenvalue weighted by Gasteiger charge is 2.15. The minimum atomic E-state index is -3.81. The molecule has 0 unspecified atom stereocenters. The molecule has 0 fully saturated rings. The zero-order valence-corrected chi connectivity index (χ0v) is 19.5. The Hall–Kier alpha value is -3.62. The molecule has 0 heterocycles. The molecule has 0 aliphatic heterocycles. The zero-order chi connectivity index (χ0) is 24.0. The summed E-state index contributed by atoms with van der Waals surface area (Å²) in [5.74, 6) is -0.623. The fourth-order valence-corrected chi connectivity index (χ4v) is 4.32. The Kier molecular flexibility index (Phi) is 7.52. The van der Waals surface area contributed by atoms with Crippen LogP contribution in [0, 0.1) is 6.92 Å². The first-order valence-electron chi connectivity index (χ1n) is 9.89. The molecular formula is C24H22ClN3O4S. The second kappa shape index (κ2) is 10.3. The average Bonchev–Trinajstić information content (AvgIpc) is 2.80. The lowest BCUT2D eigenvalue weighted by molar-refractivity contribution is -0.111. The van der Waals surface area contributed by atoms with E-state index in [0.29, 0.717) is 27.4 Å². The molecule has 0 aliphatic rings. The van der Waals surface area contributed by atoms with Gasteiger partial charge in [-0.3, -0.25) is 14.3 Å². The van der Waals surface area contributed by atoms with Crippen LogP contribution in [0.25, 0.3) is 6.08 Å². The summed E-state index contributed by atoms with van der Waals surface area (Å²) in [5.41, 5.74) is 2.58. The molecule has 0 spiro atoms. The first-order valence-corrected chi connectivity index (χ1v) is 11.8. The standard InChI is InChI=1S/C24H22ClN3O4S/c1-16-19(24(30)26-2)6-5-9-21(16)27-23(29)15-12-17-10-13-18(14-11-17)33(31,32)28-22-8-4-3-7-20(22)25/h3-15,28H,1-2H3,(H,26,30)(H,27,29)/b15-12+. The third-order valence-corrected chi connectivity index (χ3v) is 6.51. The summed E-state index contributed by atoms with van der Waals surface area (Å²) in [7, 11) is -2.27. The van der Waals surface area contributed by atoms with E-state index < -0.39 is 10.0 Å². The normalized spacial score (nSPS) is 11.2. The van der Waals surface area contributed by atoms with Gasteiger partial charge in [0.1, 0.15) is 0 Å². The molecule has 170 valence electrons. The van der Waals surface area contributed by atoms with Crippen LogP contribution < -0.4 is 15.4 Å². The van der Waals surface area contributed by atoms with Crippen LogP contribution in [0.1, 0.15) is 21.5 Å². The molecule has 0 bridgehead atoms. The van der Waals surface area contributed by atoms with Gasteiger partial charge in [-0.2, -0.15) is 0 Å². The molecular weight excluding hydrogens is 462 g/mol. The van der Waals surface area contributed by atoms with Gasteiger partial charge in [-0.25, -0.2) is 8.42 Å². The molecule has 0 saturated heterocycles. The Balaban J connectivity index is 1.69. The van der Waals surface area contributed by atoms with E-state index in [1.165, 1.54) is 18.2 Å². The van der Waals surface area contributed by atoms with Gasteiger partial charge in [0.15, 0.2) is 0 Å². The number of halogens is 1. The second-order valence-corrected chi connectivity index (χ2v) is 9.12. The van der Waals surface area contributed by atoms with Crippen LogP contribution in [0.5, 0.6) is 0 Å². The van der Waals surface area contributed by atoms with Crippen molar-refractivity contribution in [2.75, 3.05) is 17.1 Å². The number of carbonyl (C=O) groups excluding carboxylic acids is 2. The van der Waals surface area contributed by atoms with E-state index in [4.69, 9.17) is 11.6 Å². The first kappa shape index (κ1) is 24.0. The highest BCUT2D eigenvalue weighted by Crippen LogP contribution is 2.24. The largest absolute Gasteiger partial charge is 0.355 e. The molecule has 3 aromatic carbocycles. The highest BCUT2D eigenvalue weighted by molar-refractivity contribution is 7.92. The number of hydrogen-bond acceptors (Lipinski definition) is 4. The minimum absolute atomic E-state index is 0.0608. The van der Waals surface area contributed by atoms with E-state index in [2.05, 4.69) is 15.4 Å². The number of anilines is 2. The Labute approximate surface area is 197 Å². The number of hydrogen-bond donors (Lipinski definition) is 3. The van der Waals surface area contributed by atoms with Gasteiger partial charge in [0.25, 0.3) is 15.9 Å². The number of amides is 2. The summed E-state index contributed by atoms with van der Waals surface area (Å²) >= 11 is 6.02. The van der Waals surface area contributed by atoms with Gasteiger partial charge in [-0.05, 0) is 60.5 Å². The van der Waals surface area contributed by atoms with Crippen molar-refractivity contribution in [3.63, 3.8) is 0 Å². The van der Waals surface area contributed by atoms with Gasteiger partial charge in [0.2, 0.25) is 5.91 Å². The topological polar surface area (TPSA) is 104 Å². The van der Waals surface area contributed by atoms with Gasteiger partial charge < -0.3 is 10.6 Å². The van der Waals surface area contributed by atoms with Crippen molar-refractivity contribution in [2.45, 2.75) is 11.8 Å². The van der Waals surface area contributed by atoms with Gasteiger partial charge in [-0.1, -0.05) is 41.9 Å². The van der Waals surface area contributed by atoms with Gasteiger partial charge >= 0.3 is 0 Å². The molecule has 3 aromatic rings. The van der Waals surface area contributed by atoms with Crippen LogP contribution in [-0.4, -0.2) is 27.3 Å². The summed E-state index contributed by atoms with van der Waals surface area (Å²) in [4.78, 5) is 24.3. The number of benzene rings is 3. The van der Waals surface area contributed by atoms with Crippen LogP contribution in [0.3, 0.4) is 0 Å². The fourth-order valence-electron chi connectivity index (χ4n) is 3.00. The summed E-state index contributed by atoms with van der Waals surface area (Å²) in [6.45, 7) is 1.75. The van der Waals surface area contributed by atoms with Crippen LogP contribution in [0.4, 0.5) is 11.4 Å². The Morgan fingerprint density at radius 3 is 2.24 bits per heavy atom. The first-order chi connectivity index (χ1) is 15.7. The Morgan fingerprint density at radius 1 is 0.909 bits per heavy atom. The number of sulfonamides is 1. The molecule has 9 heteroatoms. The highest BCUT2D eigenvalue weighted by atomic mass is 35.5. The molecule has 3 N–H and O–H groups in total. The monoisotopic (exact) mass is 483 g/mol. The zero-order valence-electron chi connectivity index (χ0n) is 17.9. The van der Waals surface area contributed by atoms with Gasteiger partial charge in [0, 0.05) is 24.4 Å². The third-order valence-electron chi connectivity index (χ3n) is 4.80. The smallest absolute Gasteiger partial charge is 0.261 e. The second-order valence-electron chi connectivity index (χ2n) is 7.03. The number of nitrogens with one attached hydrogen (secondary N) is 3. The summed E-state index contributed by atoms with van der Waals surface area (Å²) in [6, 6.07) is 17.7. The lowest BCUT2D eigenvalue weighted by Gasteiger charge is -2.10. The molecule has 0 aliphatic carbocycles. The predicted molar refractivity (Wildman–Crippen MR) is 131 cm³/mol. The Morgan fingerprint density at radius 2 is 1.58 bits per heavy atom. The van der Waals surface area contributed by atoms with Crippen molar-refractivity contribution in [3.8, 4) is 0 Å². The third kappa shape index (κ3) is 6.00. The van der Waals surface area contributed by atoms with Crippen LogP contribution in [0.15, 0.2) is 77.7 Å². The molecule has 0 atom stereocenters. The Bertz CT molecular complexity index is 1320. The summed E-state index contributed by atoms with van der Waals surface area (Å²) in [5, 5.41) is 5.60. The predicted octanol–water partition coefficient (Wildman–Crippen LogP) is 4.46. The molecule has 0 aromatic heterocycles. The van der Waals surface area contributed by atoms with E-state index in [9.17, 15) is 18.0 Å².